The van der Waals surface area contributed by atoms with E-state index in [9.17, 15) is 0 Å². The zero-order chi connectivity index (χ0) is 24.0. The molecule has 0 bridgehead atoms. The Morgan fingerprint density at radius 3 is 0.833 bits per heavy atom. The van der Waals surface area contributed by atoms with Crippen molar-refractivity contribution in [2.24, 2.45) is 0 Å². The van der Waals surface area contributed by atoms with E-state index in [4.69, 9.17) is 17.7 Å². The van der Waals surface area contributed by atoms with Gasteiger partial charge in [-0.1, -0.05) is 27.7 Å². The van der Waals surface area contributed by atoms with Crippen molar-refractivity contribution in [3.8, 4) is 0 Å². The van der Waals surface area contributed by atoms with Gasteiger partial charge in [0.1, 0.15) is 0 Å². The van der Waals surface area contributed by atoms with Crippen molar-refractivity contribution in [2.45, 2.75) is 143 Å². The van der Waals surface area contributed by atoms with Gasteiger partial charge in [-0.2, -0.15) is 0 Å². The van der Waals surface area contributed by atoms with Crippen LogP contribution in [-0.4, -0.2) is 57.7 Å². The number of hydrogen-bond acceptors (Lipinski definition) is 4. The van der Waals surface area contributed by atoms with Crippen LogP contribution in [0.1, 0.15) is 41.5 Å². The van der Waals surface area contributed by atoms with Gasteiger partial charge in [-0.15, -0.1) is 0 Å². The molecule has 0 aliphatic heterocycles. The van der Waals surface area contributed by atoms with E-state index in [1.165, 1.54) is 0 Å². The largest absolute Gasteiger partial charge is 0.412 e. The minimum atomic E-state index is -1.82. The molecule has 8 heteroatoms. The summed E-state index contributed by atoms with van der Waals surface area (Å²) in [6.45, 7) is 31.8. The normalized spacial score (nSPS) is 18.2. The summed E-state index contributed by atoms with van der Waals surface area (Å²) in [6.07, 6.45) is -0.206. The summed E-state index contributed by atoms with van der Waals surface area (Å²) in [4.78, 5) is 0. The summed E-state index contributed by atoms with van der Waals surface area (Å²) < 4.78 is 27.3. The first kappa shape index (κ1) is 30.7. The molecule has 0 saturated carbocycles. The van der Waals surface area contributed by atoms with Crippen LogP contribution in [0.4, 0.5) is 0 Å². The van der Waals surface area contributed by atoms with Crippen molar-refractivity contribution < 1.29 is 17.7 Å². The van der Waals surface area contributed by atoms with Gasteiger partial charge in [0, 0.05) is 0 Å². The van der Waals surface area contributed by atoms with Crippen molar-refractivity contribution in [1.29, 1.82) is 0 Å². The highest BCUT2D eigenvalue weighted by molar-refractivity contribution is 6.72. The fraction of sp³-hybridized carbons (Fsp3) is 1.00. The van der Waals surface area contributed by atoms with Crippen molar-refractivity contribution in [3.63, 3.8) is 0 Å². The lowest BCUT2D eigenvalue weighted by Gasteiger charge is -2.45. The fourth-order valence-electron chi connectivity index (χ4n) is 3.07. The molecule has 4 atom stereocenters. The molecule has 0 aromatic carbocycles. The number of rotatable bonds is 15. The van der Waals surface area contributed by atoms with Crippen LogP contribution < -0.4 is 0 Å². The minimum absolute atomic E-state index is 0.00551. The Kier molecular flexibility index (Phi) is 12.5. The highest BCUT2D eigenvalue weighted by atomic mass is 28.4. The van der Waals surface area contributed by atoms with Gasteiger partial charge in [0.05, 0.1) is 24.4 Å². The third kappa shape index (κ3) is 11.0. The second-order valence-electron chi connectivity index (χ2n) is 11.3. The van der Waals surface area contributed by atoms with Crippen LogP contribution in [-0.2, 0) is 17.7 Å². The van der Waals surface area contributed by atoms with E-state index in [1.807, 2.05) is 0 Å². The van der Waals surface area contributed by atoms with Crippen LogP contribution in [0.5, 0.6) is 0 Å². The molecule has 0 N–H and O–H groups in total. The first-order valence-electron chi connectivity index (χ1n) is 12.2. The van der Waals surface area contributed by atoms with Crippen LogP contribution in [0, 0.1) is 0 Å². The van der Waals surface area contributed by atoms with Gasteiger partial charge in [0.2, 0.25) is 0 Å². The molecule has 0 heterocycles. The number of hydrogen-bond donors (Lipinski definition) is 0. The highest BCUT2D eigenvalue weighted by Gasteiger charge is 2.43. The summed E-state index contributed by atoms with van der Waals surface area (Å²) in [5, 5.41) is 0. The average molecular weight is 495 g/mol. The monoisotopic (exact) mass is 494 g/mol. The molecule has 0 aliphatic rings. The van der Waals surface area contributed by atoms with Gasteiger partial charge in [-0.3, -0.25) is 0 Å². The van der Waals surface area contributed by atoms with E-state index in [-0.39, 0.29) is 24.4 Å². The third-order valence-corrected chi connectivity index (χ3v) is 17.2. The SMILES string of the molecule is CC[Si](C)(C)O[C@@H]([C@H](O[Si](C)(C)CC)[C@@H](C)O[Si](C)(C)CC)[C@@H](C)O[Si](C)(C)CC. The standard InChI is InChI=1S/C22H54O4Si4/c1-15-27(7,8)23-19(5)21(25-29(11,12)17-3)22(26-30(13,14)18-4)20(6)24-28(9,10)16-2/h19-22H,15-18H2,1-14H3/t19-,20-,21-,22-/m1/s1. The summed E-state index contributed by atoms with van der Waals surface area (Å²) in [5.41, 5.74) is 0. The Hall–Kier alpha value is 0.708. The molecule has 0 aromatic rings. The molecule has 0 aromatic heterocycles. The molecule has 30 heavy (non-hydrogen) atoms. The molecule has 0 unspecified atom stereocenters. The third-order valence-electron chi connectivity index (χ3n) is 6.57. The Bertz CT molecular complexity index is 454. The van der Waals surface area contributed by atoms with Crippen molar-refractivity contribution >= 4 is 33.3 Å². The summed E-state index contributed by atoms with van der Waals surface area (Å²) in [6, 6.07) is 4.36. The van der Waals surface area contributed by atoms with Crippen molar-refractivity contribution in [2.75, 3.05) is 0 Å². The maximum Gasteiger partial charge on any atom is 0.187 e. The smallest absolute Gasteiger partial charge is 0.187 e. The van der Waals surface area contributed by atoms with Crippen LogP contribution in [0.3, 0.4) is 0 Å². The molecule has 0 rings (SSSR count). The Balaban J connectivity index is 6.13. The molecule has 0 aliphatic carbocycles. The maximum atomic E-state index is 6.93. The van der Waals surface area contributed by atoms with E-state index in [0.717, 1.165) is 24.2 Å². The molecule has 0 spiro atoms. The topological polar surface area (TPSA) is 36.9 Å². The molecular formula is C22H54O4Si4. The van der Waals surface area contributed by atoms with Crippen molar-refractivity contribution in [1.82, 2.24) is 0 Å². The maximum absolute atomic E-state index is 6.93. The fourth-order valence-corrected chi connectivity index (χ4v) is 8.14. The van der Waals surface area contributed by atoms with Gasteiger partial charge in [-0.25, -0.2) is 0 Å². The summed E-state index contributed by atoms with van der Waals surface area (Å²) in [7, 11) is -7.11. The van der Waals surface area contributed by atoms with Gasteiger partial charge < -0.3 is 17.7 Å². The lowest BCUT2D eigenvalue weighted by Crippen LogP contribution is -2.57. The van der Waals surface area contributed by atoms with Crippen LogP contribution in [0.15, 0.2) is 0 Å². The average Bonchev–Trinajstić information content (AvgIpc) is 2.63. The molecule has 0 saturated heterocycles. The van der Waals surface area contributed by atoms with Gasteiger partial charge in [-0.05, 0) is 90.4 Å². The van der Waals surface area contributed by atoms with Crippen LogP contribution in [0.2, 0.25) is 76.6 Å². The van der Waals surface area contributed by atoms with Gasteiger partial charge in [0.25, 0.3) is 0 Å². The zero-order valence-electron chi connectivity index (χ0n) is 22.8. The quantitative estimate of drug-likeness (QED) is 0.221. The lowest BCUT2D eigenvalue weighted by molar-refractivity contribution is -0.0696. The molecular weight excluding hydrogens is 441 g/mol. The predicted octanol–water partition coefficient (Wildman–Crippen LogP) is 7.47. The van der Waals surface area contributed by atoms with Gasteiger partial charge >= 0.3 is 0 Å². The first-order valence-corrected chi connectivity index (χ1v) is 24.6. The second-order valence-corrected chi connectivity index (χ2v) is 29.1. The molecule has 182 valence electrons. The Morgan fingerprint density at radius 2 is 0.633 bits per heavy atom. The molecule has 0 fully saturated rings. The lowest BCUT2D eigenvalue weighted by atomic mass is 10.1. The first-order chi connectivity index (χ1) is 13.4. The second kappa shape index (κ2) is 12.2. The molecule has 0 amide bonds. The molecule has 4 nitrogen and oxygen atoms in total. The highest BCUT2D eigenvalue weighted by Crippen LogP contribution is 2.30. The molecule has 0 radical (unpaired) electrons. The van der Waals surface area contributed by atoms with E-state index in [1.54, 1.807) is 0 Å². The predicted molar refractivity (Wildman–Crippen MR) is 143 cm³/mol. The Labute approximate surface area is 193 Å². The van der Waals surface area contributed by atoms with Crippen molar-refractivity contribution in [3.05, 3.63) is 0 Å². The van der Waals surface area contributed by atoms with Crippen LogP contribution >= 0.6 is 0 Å². The zero-order valence-corrected chi connectivity index (χ0v) is 26.8. The van der Waals surface area contributed by atoms with E-state index in [0.29, 0.717) is 0 Å². The van der Waals surface area contributed by atoms with E-state index >= 15 is 0 Å². The van der Waals surface area contributed by atoms with E-state index < -0.39 is 33.3 Å². The summed E-state index contributed by atoms with van der Waals surface area (Å²) >= 11 is 0. The summed E-state index contributed by atoms with van der Waals surface area (Å²) in [5.74, 6) is 0. The van der Waals surface area contributed by atoms with Crippen LogP contribution in [0.25, 0.3) is 0 Å². The van der Waals surface area contributed by atoms with E-state index in [2.05, 4.69) is 93.9 Å². The minimum Gasteiger partial charge on any atom is -0.412 e. The van der Waals surface area contributed by atoms with Gasteiger partial charge in [0.15, 0.2) is 33.3 Å². The Morgan fingerprint density at radius 1 is 0.433 bits per heavy atom.